The van der Waals surface area contributed by atoms with E-state index < -0.39 is 0 Å². The summed E-state index contributed by atoms with van der Waals surface area (Å²) in [6, 6.07) is 12.6. The van der Waals surface area contributed by atoms with Crippen LogP contribution in [0.3, 0.4) is 0 Å². The van der Waals surface area contributed by atoms with Gasteiger partial charge in [0.25, 0.3) is 0 Å². The maximum atomic E-state index is 6.27. The number of H-pyrrole nitrogens is 1. The van der Waals surface area contributed by atoms with E-state index >= 15 is 0 Å². The molecule has 3 heterocycles. The molecule has 0 saturated carbocycles. The fraction of sp³-hybridized carbons (Fsp3) is 0.304. The van der Waals surface area contributed by atoms with Gasteiger partial charge < -0.3 is 9.88 Å². The summed E-state index contributed by atoms with van der Waals surface area (Å²) in [7, 11) is 0. The van der Waals surface area contributed by atoms with E-state index in [1.54, 1.807) is 0 Å². The Labute approximate surface area is 175 Å². The number of fused-ring (bicyclic) bond motifs is 1. The van der Waals surface area contributed by atoms with Gasteiger partial charge in [0.1, 0.15) is 5.82 Å². The van der Waals surface area contributed by atoms with Crippen LogP contribution in [-0.4, -0.2) is 26.3 Å². The third-order valence-corrected chi connectivity index (χ3v) is 6.15. The number of benzene rings is 2. The first kappa shape index (κ1) is 18.3. The number of nitrogens with zero attached hydrogens (tertiary/aromatic N) is 4. The summed E-state index contributed by atoms with van der Waals surface area (Å²) in [6.07, 6.45) is 4.93. The van der Waals surface area contributed by atoms with Crippen LogP contribution in [0.2, 0.25) is 5.02 Å². The molecule has 0 bridgehead atoms. The minimum absolute atomic E-state index is 0.177. The quantitative estimate of drug-likeness (QED) is 0.482. The van der Waals surface area contributed by atoms with Crippen LogP contribution in [0.25, 0.3) is 16.7 Å². The second-order valence-corrected chi connectivity index (χ2v) is 8.52. The highest BCUT2D eigenvalue weighted by molar-refractivity contribution is 6.31. The van der Waals surface area contributed by atoms with E-state index in [4.69, 9.17) is 16.6 Å². The topological polar surface area (TPSA) is 49.7 Å². The number of aryl methyl sites for hydroxylation is 2. The molecule has 0 amide bonds. The van der Waals surface area contributed by atoms with Crippen molar-refractivity contribution < 1.29 is 0 Å². The fourth-order valence-electron chi connectivity index (χ4n) is 4.51. The van der Waals surface area contributed by atoms with E-state index in [1.165, 1.54) is 11.3 Å². The molecule has 0 spiro atoms. The van der Waals surface area contributed by atoms with Crippen LogP contribution in [0.4, 0.5) is 5.69 Å². The van der Waals surface area contributed by atoms with E-state index in [9.17, 15) is 0 Å². The number of hydrogen-bond acceptors (Lipinski definition) is 3. The molecule has 1 saturated heterocycles. The number of rotatable bonds is 3. The summed E-state index contributed by atoms with van der Waals surface area (Å²) in [4.78, 5) is 11.0. The van der Waals surface area contributed by atoms with Gasteiger partial charge in [-0.15, -0.1) is 0 Å². The van der Waals surface area contributed by atoms with Crippen molar-refractivity contribution in [3.63, 3.8) is 0 Å². The van der Waals surface area contributed by atoms with Crippen molar-refractivity contribution in [2.45, 2.75) is 33.2 Å². The zero-order valence-electron chi connectivity index (χ0n) is 16.9. The molecule has 0 aliphatic carbocycles. The zero-order valence-corrected chi connectivity index (χ0v) is 17.6. The number of halogens is 1. The highest BCUT2D eigenvalue weighted by atomic mass is 35.5. The maximum Gasteiger partial charge on any atom is 0.130 e. The molecule has 2 aromatic heterocycles. The van der Waals surface area contributed by atoms with Gasteiger partial charge in [-0.25, -0.2) is 9.67 Å². The minimum Gasteiger partial charge on any atom is -0.359 e. The van der Waals surface area contributed by atoms with Crippen LogP contribution in [0.1, 0.15) is 36.3 Å². The van der Waals surface area contributed by atoms with Gasteiger partial charge >= 0.3 is 0 Å². The minimum atomic E-state index is 0.177. The molecule has 0 radical (unpaired) electrons. The van der Waals surface area contributed by atoms with E-state index in [1.807, 2.05) is 35.3 Å². The Morgan fingerprint density at radius 3 is 2.79 bits per heavy atom. The van der Waals surface area contributed by atoms with Crippen molar-refractivity contribution in [2.75, 3.05) is 11.4 Å². The Kier molecular flexibility index (Phi) is 4.36. The van der Waals surface area contributed by atoms with Crippen molar-refractivity contribution in [1.29, 1.82) is 0 Å². The molecule has 0 unspecified atom stereocenters. The molecule has 148 valence electrons. The van der Waals surface area contributed by atoms with Gasteiger partial charge in [-0.3, -0.25) is 0 Å². The second kappa shape index (κ2) is 6.92. The van der Waals surface area contributed by atoms with Crippen molar-refractivity contribution in [3.05, 3.63) is 70.8 Å². The van der Waals surface area contributed by atoms with Crippen LogP contribution < -0.4 is 4.90 Å². The molecule has 2 atom stereocenters. The molecule has 5 nitrogen and oxygen atoms in total. The van der Waals surface area contributed by atoms with Gasteiger partial charge in [0, 0.05) is 24.0 Å². The largest absolute Gasteiger partial charge is 0.359 e. The summed E-state index contributed by atoms with van der Waals surface area (Å²) in [5, 5.41) is 5.21. The van der Waals surface area contributed by atoms with Crippen molar-refractivity contribution in [3.8, 4) is 5.69 Å². The third-order valence-electron chi connectivity index (χ3n) is 5.93. The highest BCUT2D eigenvalue weighted by Gasteiger charge is 2.36. The normalized spacial score (nSPS) is 19.4. The summed E-state index contributed by atoms with van der Waals surface area (Å²) in [6.45, 7) is 7.49. The fourth-order valence-corrected chi connectivity index (χ4v) is 4.78. The van der Waals surface area contributed by atoms with E-state index in [0.29, 0.717) is 5.92 Å². The number of aromatic nitrogens is 4. The molecule has 29 heavy (non-hydrogen) atoms. The molecule has 6 heteroatoms. The maximum absolute atomic E-state index is 6.27. The molecule has 1 aliphatic heterocycles. The monoisotopic (exact) mass is 405 g/mol. The number of imidazole rings is 1. The van der Waals surface area contributed by atoms with E-state index in [-0.39, 0.29) is 6.04 Å². The Bertz CT molecular complexity index is 1180. The smallest absolute Gasteiger partial charge is 0.130 e. The summed E-state index contributed by atoms with van der Waals surface area (Å²) in [5.74, 6) is 1.49. The van der Waals surface area contributed by atoms with Crippen LogP contribution >= 0.6 is 11.6 Å². The molecule has 1 N–H and O–H groups in total. The molecule has 1 aliphatic rings. The molecule has 2 aromatic carbocycles. The Morgan fingerprint density at radius 2 is 2.00 bits per heavy atom. The molecular weight excluding hydrogens is 382 g/mol. The number of hydrogen-bond donors (Lipinski definition) is 1. The lowest BCUT2D eigenvalue weighted by molar-refractivity contribution is 0.513. The molecule has 5 rings (SSSR count). The summed E-state index contributed by atoms with van der Waals surface area (Å²) < 4.78 is 1.94. The number of aromatic amines is 1. The lowest BCUT2D eigenvalue weighted by Crippen LogP contribution is -2.27. The Morgan fingerprint density at radius 1 is 1.14 bits per heavy atom. The van der Waals surface area contributed by atoms with Crippen LogP contribution in [0.5, 0.6) is 0 Å². The molecule has 4 aromatic rings. The molecular formula is C23H24ClN5. The van der Waals surface area contributed by atoms with Crippen molar-refractivity contribution in [1.82, 2.24) is 19.7 Å². The van der Waals surface area contributed by atoms with Gasteiger partial charge in [-0.05, 0) is 67.6 Å². The van der Waals surface area contributed by atoms with Crippen molar-refractivity contribution >= 4 is 28.3 Å². The van der Waals surface area contributed by atoms with E-state index in [0.717, 1.165) is 46.1 Å². The predicted molar refractivity (Wildman–Crippen MR) is 118 cm³/mol. The van der Waals surface area contributed by atoms with E-state index in [2.05, 4.69) is 54.0 Å². The third kappa shape index (κ3) is 3.10. The van der Waals surface area contributed by atoms with Gasteiger partial charge in [0.2, 0.25) is 0 Å². The number of nitrogens with one attached hydrogen (secondary N) is 1. The number of anilines is 1. The van der Waals surface area contributed by atoms with Gasteiger partial charge in [0.15, 0.2) is 0 Å². The standard InChI is InChI=1S/C23H24ClN5/c1-14-5-6-19(29-9-4-8-25-29)20(11-14)28-10-7-15(2)22(28)23-26-18-13-17(24)12-16(3)21(18)27-23/h4-6,8-9,11-13,15,22H,7,10H2,1-3H3,(H,26,27)/t15-,22-/m0/s1. The SMILES string of the molecule is Cc1ccc(-n2cccn2)c(N2CC[C@H](C)[C@H]2c2nc3c(C)cc(Cl)cc3[nH]2)c1. The zero-order chi connectivity index (χ0) is 20.1. The van der Waals surface area contributed by atoms with Gasteiger partial charge in [-0.2, -0.15) is 5.10 Å². The Balaban J connectivity index is 1.64. The molecule has 1 fully saturated rings. The van der Waals surface area contributed by atoms with Crippen LogP contribution in [-0.2, 0) is 0 Å². The van der Waals surface area contributed by atoms with Gasteiger partial charge in [0.05, 0.1) is 28.5 Å². The highest BCUT2D eigenvalue weighted by Crippen LogP contribution is 2.42. The lowest BCUT2D eigenvalue weighted by Gasteiger charge is -2.29. The van der Waals surface area contributed by atoms with Crippen LogP contribution in [0.15, 0.2) is 48.8 Å². The first-order valence-electron chi connectivity index (χ1n) is 10.0. The lowest BCUT2D eigenvalue weighted by atomic mass is 10.0. The second-order valence-electron chi connectivity index (χ2n) is 8.09. The van der Waals surface area contributed by atoms with Gasteiger partial charge in [-0.1, -0.05) is 24.6 Å². The first-order valence-corrected chi connectivity index (χ1v) is 10.4. The summed E-state index contributed by atoms with van der Waals surface area (Å²) >= 11 is 6.27. The summed E-state index contributed by atoms with van der Waals surface area (Å²) in [5.41, 5.74) is 6.62. The average Bonchev–Trinajstić information content (AvgIpc) is 3.40. The van der Waals surface area contributed by atoms with Crippen LogP contribution in [0, 0.1) is 19.8 Å². The van der Waals surface area contributed by atoms with Crippen molar-refractivity contribution in [2.24, 2.45) is 5.92 Å². The predicted octanol–water partition coefficient (Wildman–Crippen LogP) is 5.61. The Hall–Kier alpha value is -2.79. The average molecular weight is 406 g/mol. The first-order chi connectivity index (χ1) is 14.0.